The van der Waals surface area contributed by atoms with E-state index in [4.69, 9.17) is 4.74 Å². The minimum atomic E-state index is -0.773. The van der Waals surface area contributed by atoms with Crippen LogP contribution in [0.1, 0.15) is 32.1 Å². The fourth-order valence-corrected chi connectivity index (χ4v) is 3.42. The van der Waals surface area contributed by atoms with E-state index in [1.165, 1.54) is 12.2 Å². The van der Waals surface area contributed by atoms with Crippen molar-refractivity contribution in [3.63, 3.8) is 0 Å². The number of fused-ring (bicyclic) bond motifs is 1. The molecule has 1 aliphatic carbocycles. The molecule has 2 rings (SSSR count). The smallest absolute Gasteiger partial charge is 0.177 e. The Balaban J connectivity index is 2.02. The number of aliphatic hydroxyl groups is 1. The first kappa shape index (κ1) is 8.85. The van der Waals surface area contributed by atoms with Crippen LogP contribution in [-0.2, 0) is 4.74 Å². The molecule has 12 heavy (non-hydrogen) atoms. The van der Waals surface area contributed by atoms with E-state index in [2.05, 4.69) is 0 Å². The van der Waals surface area contributed by atoms with Crippen molar-refractivity contribution in [1.29, 1.82) is 0 Å². The normalized spacial score (nSPS) is 43.2. The highest BCUT2D eigenvalue weighted by molar-refractivity contribution is 8.00. The third kappa shape index (κ3) is 1.63. The van der Waals surface area contributed by atoms with Gasteiger partial charge in [0.05, 0.1) is 11.9 Å². The molecule has 2 atom stereocenters. The van der Waals surface area contributed by atoms with Crippen LogP contribution in [0.5, 0.6) is 0 Å². The van der Waals surface area contributed by atoms with Gasteiger partial charge in [0.25, 0.3) is 0 Å². The van der Waals surface area contributed by atoms with E-state index in [1.54, 1.807) is 0 Å². The lowest BCUT2D eigenvalue weighted by Crippen LogP contribution is -2.39. The molecular formula is C9H16O2S. The fraction of sp³-hybridized carbons (Fsp3) is 1.00. The number of rotatable bonds is 0. The van der Waals surface area contributed by atoms with Crippen molar-refractivity contribution in [1.82, 2.24) is 0 Å². The number of thioether (sulfide) groups is 1. The maximum Gasteiger partial charge on any atom is 0.177 e. The van der Waals surface area contributed by atoms with Gasteiger partial charge in [-0.25, -0.2) is 0 Å². The van der Waals surface area contributed by atoms with E-state index >= 15 is 0 Å². The molecule has 1 heterocycles. The van der Waals surface area contributed by atoms with Crippen molar-refractivity contribution < 1.29 is 9.84 Å². The molecule has 0 bridgehead atoms. The lowest BCUT2D eigenvalue weighted by atomic mass is 10.2. The van der Waals surface area contributed by atoms with Gasteiger partial charge in [-0.15, -0.1) is 0 Å². The summed E-state index contributed by atoms with van der Waals surface area (Å²) < 4.78 is 5.53. The zero-order chi connectivity index (χ0) is 8.44. The van der Waals surface area contributed by atoms with Crippen molar-refractivity contribution >= 4 is 11.8 Å². The summed E-state index contributed by atoms with van der Waals surface area (Å²) in [6.07, 6.45) is 5.42. The van der Waals surface area contributed by atoms with Crippen LogP contribution in [0.25, 0.3) is 0 Å². The Morgan fingerprint density at radius 3 is 3.17 bits per heavy atom. The Labute approximate surface area is 77.7 Å². The SMILES string of the molecule is OC12CCCC1SCCCCO2. The van der Waals surface area contributed by atoms with Gasteiger partial charge in [0.2, 0.25) is 0 Å². The first-order valence-electron chi connectivity index (χ1n) is 4.79. The molecule has 0 aromatic carbocycles. The quantitative estimate of drug-likeness (QED) is 0.628. The Hall–Kier alpha value is 0.270. The summed E-state index contributed by atoms with van der Waals surface area (Å²) in [6, 6.07) is 0. The second-order valence-corrected chi connectivity index (χ2v) is 4.96. The van der Waals surface area contributed by atoms with Gasteiger partial charge in [-0.05, 0) is 31.4 Å². The molecule has 1 saturated heterocycles. The maximum absolute atomic E-state index is 10.1. The van der Waals surface area contributed by atoms with Crippen molar-refractivity contribution in [3.05, 3.63) is 0 Å². The third-order valence-corrected chi connectivity index (χ3v) is 4.24. The minimum Gasteiger partial charge on any atom is -0.365 e. The molecule has 1 aliphatic heterocycles. The van der Waals surface area contributed by atoms with Crippen molar-refractivity contribution in [2.24, 2.45) is 0 Å². The van der Waals surface area contributed by atoms with E-state index in [0.29, 0.717) is 5.25 Å². The summed E-state index contributed by atoms with van der Waals surface area (Å²) >= 11 is 1.89. The van der Waals surface area contributed by atoms with E-state index in [9.17, 15) is 5.11 Å². The molecule has 1 N–H and O–H groups in total. The average Bonchev–Trinajstić information content (AvgIpc) is 2.34. The zero-order valence-electron chi connectivity index (χ0n) is 7.29. The van der Waals surface area contributed by atoms with Crippen LogP contribution in [0.4, 0.5) is 0 Å². The van der Waals surface area contributed by atoms with E-state index in [1.807, 2.05) is 11.8 Å². The van der Waals surface area contributed by atoms with Gasteiger partial charge in [-0.3, -0.25) is 0 Å². The molecule has 2 aliphatic rings. The Morgan fingerprint density at radius 2 is 2.25 bits per heavy atom. The van der Waals surface area contributed by atoms with Gasteiger partial charge in [-0.1, -0.05) is 0 Å². The molecule has 1 saturated carbocycles. The van der Waals surface area contributed by atoms with E-state index in [0.717, 1.165) is 32.3 Å². The van der Waals surface area contributed by atoms with E-state index in [-0.39, 0.29) is 0 Å². The highest BCUT2D eigenvalue weighted by Crippen LogP contribution is 2.40. The van der Waals surface area contributed by atoms with Gasteiger partial charge in [0.1, 0.15) is 0 Å². The third-order valence-electron chi connectivity index (χ3n) is 2.71. The zero-order valence-corrected chi connectivity index (χ0v) is 8.11. The number of hydrogen-bond acceptors (Lipinski definition) is 3. The maximum atomic E-state index is 10.1. The van der Waals surface area contributed by atoms with Crippen molar-refractivity contribution in [2.75, 3.05) is 12.4 Å². The molecule has 2 nitrogen and oxygen atoms in total. The first-order valence-corrected chi connectivity index (χ1v) is 5.84. The predicted octanol–water partition coefficient (Wildman–Crippen LogP) is 1.77. The molecule has 0 radical (unpaired) electrons. The Morgan fingerprint density at radius 1 is 1.33 bits per heavy atom. The molecule has 3 heteroatoms. The summed E-state index contributed by atoms with van der Waals surface area (Å²) in [5.74, 6) is 0.418. The topological polar surface area (TPSA) is 29.5 Å². The minimum absolute atomic E-state index is 0.345. The van der Waals surface area contributed by atoms with Crippen LogP contribution in [0.2, 0.25) is 0 Å². The highest BCUT2D eigenvalue weighted by atomic mass is 32.2. The Kier molecular flexibility index (Phi) is 2.63. The van der Waals surface area contributed by atoms with Crippen LogP contribution < -0.4 is 0 Å². The summed E-state index contributed by atoms with van der Waals surface area (Å²) in [7, 11) is 0. The number of hydrogen-bond donors (Lipinski definition) is 1. The lowest BCUT2D eigenvalue weighted by molar-refractivity contribution is -0.194. The lowest BCUT2D eigenvalue weighted by Gasteiger charge is -2.31. The van der Waals surface area contributed by atoms with Crippen LogP contribution in [-0.4, -0.2) is 28.5 Å². The first-order chi connectivity index (χ1) is 5.81. The summed E-state index contributed by atoms with van der Waals surface area (Å²) in [6.45, 7) is 0.744. The highest BCUT2D eigenvalue weighted by Gasteiger charge is 2.42. The van der Waals surface area contributed by atoms with Crippen LogP contribution in [0.3, 0.4) is 0 Å². The summed E-state index contributed by atoms with van der Waals surface area (Å²) in [5, 5.41) is 10.4. The van der Waals surface area contributed by atoms with Crippen LogP contribution in [0.15, 0.2) is 0 Å². The van der Waals surface area contributed by atoms with Crippen LogP contribution >= 0.6 is 11.8 Å². The van der Waals surface area contributed by atoms with Gasteiger partial charge < -0.3 is 9.84 Å². The molecule has 2 fully saturated rings. The predicted molar refractivity (Wildman–Crippen MR) is 50.2 cm³/mol. The summed E-state index contributed by atoms with van der Waals surface area (Å²) in [4.78, 5) is 0. The van der Waals surface area contributed by atoms with E-state index < -0.39 is 5.79 Å². The molecule has 0 amide bonds. The Bertz CT molecular complexity index is 163. The monoisotopic (exact) mass is 188 g/mol. The van der Waals surface area contributed by atoms with Gasteiger partial charge in [-0.2, -0.15) is 11.8 Å². The standard InChI is InChI=1S/C9H16O2S/c10-9-5-3-4-8(9)12-7-2-1-6-11-9/h8,10H,1-7H2. The largest absolute Gasteiger partial charge is 0.365 e. The number of ether oxygens (including phenoxy) is 1. The van der Waals surface area contributed by atoms with Crippen molar-refractivity contribution in [2.45, 2.75) is 43.1 Å². The molecule has 0 aromatic rings. The molecule has 70 valence electrons. The summed E-state index contributed by atoms with van der Waals surface area (Å²) in [5.41, 5.74) is 0. The van der Waals surface area contributed by atoms with Gasteiger partial charge >= 0.3 is 0 Å². The van der Waals surface area contributed by atoms with Gasteiger partial charge in [0, 0.05) is 6.42 Å². The second-order valence-electron chi connectivity index (χ2n) is 3.65. The fourth-order valence-electron chi connectivity index (χ4n) is 1.98. The second kappa shape index (κ2) is 3.56. The van der Waals surface area contributed by atoms with Crippen molar-refractivity contribution in [3.8, 4) is 0 Å². The molecular weight excluding hydrogens is 172 g/mol. The molecule has 2 unspecified atom stereocenters. The average molecular weight is 188 g/mol. The van der Waals surface area contributed by atoms with Gasteiger partial charge in [0.15, 0.2) is 5.79 Å². The van der Waals surface area contributed by atoms with Crippen LogP contribution in [0, 0.1) is 0 Å². The molecule has 0 spiro atoms. The molecule has 0 aromatic heterocycles.